The third-order valence-electron chi connectivity index (χ3n) is 4.87. The van der Waals surface area contributed by atoms with Gasteiger partial charge in [-0.15, -0.1) is 0 Å². The predicted molar refractivity (Wildman–Crippen MR) is 107 cm³/mol. The number of nitro groups is 1. The number of piperazine rings is 1. The number of anilines is 1. The minimum Gasteiger partial charge on any atom is -0.492 e. The molecule has 1 fully saturated rings. The summed E-state index contributed by atoms with van der Waals surface area (Å²) in [5.41, 5.74) is -1.64. The van der Waals surface area contributed by atoms with Gasteiger partial charge in [-0.05, 0) is 36.4 Å². The number of hydrogen-bond donors (Lipinski definition) is 1. The highest BCUT2D eigenvalue weighted by atomic mass is 19.4. The van der Waals surface area contributed by atoms with Crippen molar-refractivity contribution in [3.63, 3.8) is 0 Å². The Labute approximate surface area is 180 Å². The number of carbonyl (C=O) groups is 1. The van der Waals surface area contributed by atoms with Gasteiger partial charge in [0.25, 0.3) is 5.69 Å². The van der Waals surface area contributed by atoms with Gasteiger partial charge in [0, 0.05) is 32.2 Å². The van der Waals surface area contributed by atoms with E-state index in [1.807, 2.05) is 0 Å². The minimum absolute atomic E-state index is 0.0794. The standard InChI is InChI=1S/C20H20F4N4O4/c21-15-2-4-16(5-3-15)32-12-7-25-19(29)27-10-8-26(9-11-27)17-6-1-14(20(22,23)24)13-18(17)28(30)31/h1-6,13H,7-12H2,(H,25,29). The molecule has 2 amide bonds. The molecule has 0 unspecified atom stereocenters. The molecular formula is C20H20F4N4O4. The van der Waals surface area contributed by atoms with Gasteiger partial charge in [0.2, 0.25) is 0 Å². The lowest BCUT2D eigenvalue weighted by molar-refractivity contribution is -0.384. The summed E-state index contributed by atoms with van der Waals surface area (Å²) in [6.45, 7) is 1.32. The Bertz CT molecular complexity index is 961. The van der Waals surface area contributed by atoms with Crippen molar-refractivity contribution in [3.05, 3.63) is 64.0 Å². The molecule has 8 nitrogen and oxygen atoms in total. The molecular weight excluding hydrogens is 436 g/mol. The van der Waals surface area contributed by atoms with Gasteiger partial charge in [-0.25, -0.2) is 9.18 Å². The van der Waals surface area contributed by atoms with Crippen LogP contribution in [0.15, 0.2) is 42.5 Å². The number of carbonyl (C=O) groups excluding carboxylic acids is 1. The van der Waals surface area contributed by atoms with Crippen LogP contribution in [0.2, 0.25) is 0 Å². The molecule has 0 bridgehead atoms. The van der Waals surface area contributed by atoms with Crippen molar-refractivity contribution in [2.24, 2.45) is 0 Å². The van der Waals surface area contributed by atoms with E-state index >= 15 is 0 Å². The van der Waals surface area contributed by atoms with E-state index in [4.69, 9.17) is 4.74 Å². The highest BCUT2D eigenvalue weighted by Gasteiger charge is 2.34. The summed E-state index contributed by atoms with van der Waals surface area (Å²) < 4.78 is 56.9. The highest BCUT2D eigenvalue weighted by molar-refractivity contribution is 5.75. The molecule has 3 rings (SSSR count). The van der Waals surface area contributed by atoms with Gasteiger partial charge in [0.05, 0.1) is 17.0 Å². The molecule has 1 N–H and O–H groups in total. The lowest BCUT2D eigenvalue weighted by Crippen LogP contribution is -2.52. The maximum atomic E-state index is 12.9. The lowest BCUT2D eigenvalue weighted by atomic mass is 10.1. The molecule has 0 spiro atoms. The van der Waals surface area contributed by atoms with Crippen molar-refractivity contribution in [3.8, 4) is 5.75 Å². The van der Waals surface area contributed by atoms with Gasteiger partial charge in [0.15, 0.2) is 0 Å². The zero-order chi connectivity index (χ0) is 23.3. The van der Waals surface area contributed by atoms with Crippen LogP contribution in [0.25, 0.3) is 0 Å². The maximum Gasteiger partial charge on any atom is 0.416 e. The number of nitro benzene ring substituents is 1. The molecule has 1 aliphatic rings. The zero-order valence-corrected chi connectivity index (χ0v) is 16.8. The van der Waals surface area contributed by atoms with Crippen molar-refractivity contribution in [1.82, 2.24) is 10.2 Å². The lowest BCUT2D eigenvalue weighted by Gasteiger charge is -2.35. The van der Waals surface area contributed by atoms with Gasteiger partial charge in [0.1, 0.15) is 23.9 Å². The molecule has 172 valence electrons. The van der Waals surface area contributed by atoms with Gasteiger partial charge >= 0.3 is 12.2 Å². The summed E-state index contributed by atoms with van der Waals surface area (Å²) in [6.07, 6.45) is -4.68. The van der Waals surface area contributed by atoms with Gasteiger partial charge in [-0.1, -0.05) is 0 Å². The van der Waals surface area contributed by atoms with Crippen LogP contribution in [0.5, 0.6) is 5.75 Å². The summed E-state index contributed by atoms with van der Waals surface area (Å²) in [6, 6.07) is 7.52. The van der Waals surface area contributed by atoms with Gasteiger partial charge in [-0.3, -0.25) is 10.1 Å². The number of nitrogens with one attached hydrogen (secondary N) is 1. The molecule has 0 radical (unpaired) electrons. The number of ether oxygens (including phenoxy) is 1. The Balaban J connectivity index is 1.50. The van der Waals surface area contributed by atoms with Crippen molar-refractivity contribution in [2.75, 3.05) is 44.2 Å². The molecule has 2 aromatic carbocycles. The molecule has 32 heavy (non-hydrogen) atoms. The second kappa shape index (κ2) is 9.71. The van der Waals surface area contributed by atoms with E-state index in [9.17, 15) is 32.5 Å². The van der Waals surface area contributed by atoms with Crippen molar-refractivity contribution < 1.29 is 32.0 Å². The highest BCUT2D eigenvalue weighted by Crippen LogP contribution is 2.36. The van der Waals surface area contributed by atoms with Crippen LogP contribution >= 0.6 is 0 Å². The summed E-state index contributed by atoms with van der Waals surface area (Å²) >= 11 is 0. The van der Waals surface area contributed by atoms with E-state index in [-0.39, 0.29) is 56.9 Å². The van der Waals surface area contributed by atoms with E-state index in [0.29, 0.717) is 11.8 Å². The largest absolute Gasteiger partial charge is 0.492 e. The van der Waals surface area contributed by atoms with Crippen LogP contribution in [0.1, 0.15) is 5.56 Å². The quantitative estimate of drug-likeness (QED) is 0.310. The fourth-order valence-corrected chi connectivity index (χ4v) is 3.23. The van der Waals surface area contributed by atoms with E-state index < -0.39 is 22.4 Å². The Morgan fingerprint density at radius 2 is 1.75 bits per heavy atom. The number of rotatable bonds is 6. The van der Waals surface area contributed by atoms with Crippen LogP contribution < -0.4 is 15.0 Å². The normalized spacial score (nSPS) is 14.2. The summed E-state index contributed by atoms with van der Waals surface area (Å²) in [4.78, 5) is 25.8. The van der Waals surface area contributed by atoms with Gasteiger partial charge < -0.3 is 19.9 Å². The zero-order valence-electron chi connectivity index (χ0n) is 16.8. The SMILES string of the molecule is O=C(NCCOc1ccc(F)cc1)N1CCN(c2ccc(C(F)(F)F)cc2[N+](=O)[O-])CC1. The number of halogens is 4. The minimum atomic E-state index is -4.68. The first-order valence-electron chi connectivity index (χ1n) is 9.67. The molecule has 1 aliphatic heterocycles. The average molecular weight is 456 g/mol. The summed E-state index contributed by atoms with van der Waals surface area (Å²) in [7, 11) is 0. The molecule has 1 saturated heterocycles. The first-order chi connectivity index (χ1) is 15.1. The van der Waals surface area contributed by atoms with E-state index in [2.05, 4.69) is 5.32 Å². The van der Waals surface area contributed by atoms with E-state index in [1.54, 1.807) is 4.90 Å². The maximum absolute atomic E-state index is 12.9. The van der Waals surface area contributed by atoms with E-state index in [0.717, 1.165) is 12.1 Å². The Morgan fingerprint density at radius 3 is 2.34 bits per heavy atom. The first kappa shape index (κ1) is 23.1. The Hall–Kier alpha value is -3.57. The second-order valence-corrected chi connectivity index (χ2v) is 6.97. The second-order valence-electron chi connectivity index (χ2n) is 6.97. The number of urea groups is 1. The third-order valence-corrected chi connectivity index (χ3v) is 4.87. The molecule has 0 saturated carbocycles. The number of benzene rings is 2. The van der Waals surface area contributed by atoms with Crippen molar-refractivity contribution in [1.29, 1.82) is 0 Å². The molecule has 1 heterocycles. The first-order valence-corrected chi connectivity index (χ1v) is 9.67. The monoisotopic (exact) mass is 456 g/mol. The fraction of sp³-hybridized carbons (Fsp3) is 0.350. The Kier molecular flexibility index (Phi) is 7.01. The van der Waals surface area contributed by atoms with Gasteiger partial charge in [-0.2, -0.15) is 13.2 Å². The summed E-state index contributed by atoms with van der Waals surface area (Å²) in [5.74, 6) is 0.0822. The molecule has 0 aliphatic carbocycles. The van der Waals surface area contributed by atoms with E-state index in [1.165, 1.54) is 29.2 Å². The van der Waals surface area contributed by atoms with Crippen LogP contribution in [0, 0.1) is 15.9 Å². The Morgan fingerprint density at radius 1 is 1.09 bits per heavy atom. The van der Waals surface area contributed by atoms with Crippen LogP contribution in [0.3, 0.4) is 0 Å². The van der Waals surface area contributed by atoms with Crippen LogP contribution in [-0.2, 0) is 6.18 Å². The number of hydrogen-bond acceptors (Lipinski definition) is 5. The van der Waals surface area contributed by atoms with Crippen molar-refractivity contribution >= 4 is 17.4 Å². The molecule has 2 aromatic rings. The number of alkyl halides is 3. The summed E-state index contributed by atoms with van der Waals surface area (Å²) in [5, 5.41) is 14.0. The average Bonchev–Trinajstić information content (AvgIpc) is 2.77. The van der Waals surface area contributed by atoms with Crippen LogP contribution in [0.4, 0.5) is 33.7 Å². The smallest absolute Gasteiger partial charge is 0.416 e. The molecule has 0 atom stereocenters. The van der Waals surface area contributed by atoms with Crippen molar-refractivity contribution in [2.45, 2.75) is 6.18 Å². The molecule has 0 aromatic heterocycles. The predicted octanol–water partition coefficient (Wildman–Crippen LogP) is 3.66. The third kappa shape index (κ3) is 5.77. The number of nitrogens with zero attached hydrogens (tertiary/aromatic N) is 3. The topological polar surface area (TPSA) is 88.0 Å². The number of amides is 2. The van der Waals surface area contributed by atoms with Crippen LogP contribution in [-0.4, -0.2) is 55.2 Å². The fourth-order valence-electron chi connectivity index (χ4n) is 3.23. The molecule has 12 heteroatoms.